The minimum atomic E-state index is -1.25. The summed E-state index contributed by atoms with van der Waals surface area (Å²) in [4.78, 5) is 0. The maximum atomic E-state index is 9.83. The minimum Gasteiger partial charge on any atom is -0.393 e. The van der Waals surface area contributed by atoms with Crippen LogP contribution in [0.25, 0.3) is 10.8 Å². The molecule has 6 heteroatoms. The lowest BCUT2D eigenvalue weighted by Crippen LogP contribution is -2.52. The van der Waals surface area contributed by atoms with Gasteiger partial charge in [-0.15, -0.1) is 0 Å². The summed E-state index contributed by atoms with van der Waals surface area (Å²) in [7, 11) is 0. The standard InChI is InChI=1S/C20H24O6/c1-19(2)24-16-17(20(11-21,12-22)26-18(16)25-19)23-10-13-7-8-14-5-3-4-6-15(14)9-13/h3-9,16-18,21-22H,10-12H2,1-2H3/t16-,17+,18+/m1/s1. The summed E-state index contributed by atoms with van der Waals surface area (Å²) in [5.41, 5.74) is -0.252. The highest BCUT2D eigenvalue weighted by molar-refractivity contribution is 5.82. The van der Waals surface area contributed by atoms with Gasteiger partial charge in [-0.05, 0) is 36.2 Å². The number of aliphatic hydroxyl groups is 2. The Morgan fingerprint density at radius 2 is 1.69 bits per heavy atom. The van der Waals surface area contributed by atoms with Crippen molar-refractivity contribution in [2.45, 2.75) is 50.3 Å². The molecule has 2 aliphatic heterocycles. The zero-order chi connectivity index (χ0) is 18.4. The van der Waals surface area contributed by atoms with Gasteiger partial charge < -0.3 is 29.2 Å². The minimum absolute atomic E-state index is 0.313. The van der Waals surface area contributed by atoms with E-state index in [0.717, 1.165) is 16.3 Å². The molecule has 0 aromatic heterocycles. The van der Waals surface area contributed by atoms with Crippen LogP contribution in [0.2, 0.25) is 0 Å². The average Bonchev–Trinajstić information content (AvgIpc) is 3.08. The predicted octanol–water partition coefficient (Wildman–Crippen LogP) is 1.96. The third-order valence-electron chi connectivity index (χ3n) is 5.03. The van der Waals surface area contributed by atoms with Crippen LogP contribution >= 0.6 is 0 Å². The molecular weight excluding hydrogens is 336 g/mol. The number of rotatable bonds is 5. The molecule has 26 heavy (non-hydrogen) atoms. The van der Waals surface area contributed by atoms with Gasteiger partial charge in [-0.2, -0.15) is 0 Å². The normalized spacial score (nSPS) is 29.2. The molecule has 2 saturated heterocycles. The van der Waals surface area contributed by atoms with Crippen molar-refractivity contribution in [3.8, 4) is 0 Å². The zero-order valence-corrected chi connectivity index (χ0v) is 14.9. The number of aliphatic hydroxyl groups excluding tert-OH is 2. The predicted molar refractivity (Wildman–Crippen MR) is 94.3 cm³/mol. The average molecular weight is 360 g/mol. The van der Waals surface area contributed by atoms with E-state index in [9.17, 15) is 10.2 Å². The van der Waals surface area contributed by atoms with Gasteiger partial charge >= 0.3 is 0 Å². The molecule has 0 spiro atoms. The monoisotopic (exact) mass is 360 g/mol. The van der Waals surface area contributed by atoms with Crippen molar-refractivity contribution in [2.75, 3.05) is 13.2 Å². The maximum absolute atomic E-state index is 9.83. The fourth-order valence-corrected chi connectivity index (χ4v) is 3.72. The molecule has 6 nitrogen and oxygen atoms in total. The summed E-state index contributed by atoms with van der Waals surface area (Å²) in [6.07, 6.45) is -1.83. The first-order valence-electron chi connectivity index (χ1n) is 8.81. The highest BCUT2D eigenvalue weighted by atomic mass is 16.8. The van der Waals surface area contributed by atoms with E-state index < -0.39 is 29.9 Å². The van der Waals surface area contributed by atoms with E-state index in [0.29, 0.717) is 6.61 Å². The molecule has 0 amide bonds. The van der Waals surface area contributed by atoms with Gasteiger partial charge in [0.2, 0.25) is 0 Å². The molecule has 2 heterocycles. The Morgan fingerprint density at radius 1 is 0.962 bits per heavy atom. The van der Waals surface area contributed by atoms with Crippen LogP contribution in [0.4, 0.5) is 0 Å². The molecule has 2 N–H and O–H groups in total. The van der Waals surface area contributed by atoms with Crippen LogP contribution in [0.1, 0.15) is 19.4 Å². The summed E-state index contributed by atoms with van der Waals surface area (Å²) in [6, 6.07) is 14.2. The summed E-state index contributed by atoms with van der Waals surface area (Å²) < 4.78 is 23.5. The van der Waals surface area contributed by atoms with Crippen LogP contribution in [0.5, 0.6) is 0 Å². The second kappa shape index (κ2) is 6.56. The number of benzene rings is 2. The molecule has 0 radical (unpaired) electrons. The van der Waals surface area contributed by atoms with Gasteiger partial charge in [0.15, 0.2) is 12.1 Å². The van der Waals surface area contributed by atoms with E-state index in [1.807, 2.05) is 24.3 Å². The maximum Gasteiger partial charge on any atom is 0.190 e. The highest BCUT2D eigenvalue weighted by Crippen LogP contribution is 2.43. The Morgan fingerprint density at radius 3 is 2.42 bits per heavy atom. The summed E-state index contributed by atoms with van der Waals surface area (Å²) in [5.74, 6) is -0.795. The lowest BCUT2D eigenvalue weighted by Gasteiger charge is -2.33. The van der Waals surface area contributed by atoms with Crippen LogP contribution in [0.3, 0.4) is 0 Å². The van der Waals surface area contributed by atoms with Crippen molar-refractivity contribution in [1.29, 1.82) is 0 Å². The number of ether oxygens (including phenoxy) is 4. The first kappa shape index (κ1) is 17.9. The van der Waals surface area contributed by atoms with Crippen LogP contribution in [0, 0.1) is 0 Å². The summed E-state index contributed by atoms with van der Waals surface area (Å²) in [5, 5.41) is 22.0. The smallest absolute Gasteiger partial charge is 0.190 e. The van der Waals surface area contributed by atoms with E-state index in [1.165, 1.54) is 0 Å². The molecule has 2 aromatic rings. The van der Waals surface area contributed by atoms with Gasteiger partial charge in [0.1, 0.15) is 17.8 Å². The molecule has 2 aromatic carbocycles. The Bertz CT molecular complexity index is 785. The second-order valence-corrected chi connectivity index (χ2v) is 7.38. The lowest BCUT2D eigenvalue weighted by atomic mass is 9.96. The fraction of sp³-hybridized carbons (Fsp3) is 0.500. The zero-order valence-electron chi connectivity index (χ0n) is 14.9. The fourth-order valence-electron chi connectivity index (χ4n) is 3.72. The summed E-state index contributed by atoms with van der Waals surface area (Å²) >= 11 is 0. The van der Waals surface area contributed by atoms with Crippen molar-refractivity contribution < 1.29 is 29.2 Å². The van der Waals surface area contributed by atoms with E-state index in [2.05, 4.69) is 18.2 Å². The van der Waals surface area contributed by atoms with E-state index in [4.69, 9.17) is 18.9 Å². The third-order valence-corrected chi connectivity index (χ3v) is 5.03. The van der Waals surface area contributed by atoms with Crippen LogP contribution in [0.15, 0.2) is 42.5 Å². The molecule has 4 rings (SSSR count). The third kappa shape index (κ3) is 3.03. The Kier molecular flexibility index (Phi) is 4.51. The Labute approximate surface area is 152 Å². The van der Waals surface area contributed by atoms with Crippen molar-refractivity contribution in [1.82, 2.24) is 0 Å². The van der Waals surface area contributed by atoms with Crippen molar-refractivity contribution in [3.63, 3.8) is 0 Å². The van der Waals surface area contributed by atoms with Crippen molar-refractivity contribution in [3.05, 3.63) is 48.0 Å². The number of fused-ring (bicyclic) bond motifs is 2. The number of hydrogen-bond acceptors (Lipinski definition) is 6. The van der Waals surface area contributed by atoms with Gasteiger partial charge in [0.25, 0.3) is 0 Å². The van der Waals surface area contributed by atoms with Crippen molar-refractivity contribution in [2.24, 2.45) is 0 Å². The van der Waals surface area contributed by atoms with Gasteiger partial charge in [-0.25, -0.2) is 0 Å². The Balaban J connectivity index is 1.55. The Hall–Kier alpha value is -1.54. The SMILES string of the molecule is CC1(C)O[C@H]2OC(CO)(CO)[C@@H](OCc3ccc4ccccc4c3)[C@H]2O1. The molecule has 2 aliphatic rings. The van der Waals surface area contributed by atoms with E-state index in [-0.39, 0.29) is 13.2 Å². The first-order valence-corrected chi connectivity index (χ1v) is 8.81. The van der Waals surface area contributed by atoms with Crippen LogP contribution < -0.4 is 0 Å². The molecule has 140 valence electrons. The van der Waals surface area contributed by atoms with Gasteiger partial charge in [-0.1, -0.05) is 36.4 Å². The van der Waals surface area contributed by atoms with Gasteiger partial charge in [-0.3, -0.25) is 0 Å². The first-order chi connectivity index (χ1) is 12.5. The lowest BCUT2D eigenvalue weighted by molar-refractivity contribution is -0.258. The van der Waals surface area contributed by atoms with Crippen LogP contribution in [-0.2, 0) is 25.6 Å². The largest absolute Gasteiger partial charge is 0.393 e. The van der Waals surface area contributed by atoms with E-state index in [1.54, 1.807) is 13.8 Å². The molecule has 0 bridgehead atoms. The van der Waals surface area contributed by atoms with Crippen LogP contribution in [-0.4, -0.2) is 53.3 Å². The summed E-state index contributed by atoms with van der Waals surface area (Å²) in [6.45, 7) is 3.15. The van der Waals surface area contributed by atoms with Gasteiger partial charge in [0.05, 0.1) is 19.8 Å². The number of hydrogen-bond donors (Lipinski definition) is 2. The topological polar surface area (TPSA) is 77.4 Å². The van der Waals surface area contributed by atoms with Crippen molar-refractivity contribution >= 4 is 10.8 Å². The molecule has 0 aliphatic carbocycles. The van der Waals surface area contributed by atoms with E-state index >= 15 is 0 Å². The second-order valence-electron chi connectivity index (χ2n) is 7.38. The molecule has 0 unspecified atom stereocenters. The quantitative estimate of drug-likeness (QED) is 0.849. The molecule has 3 atom stereocenters. The van der Waals surface area contributed by atoms with Gasteiger partial charge in [0, 0.05) is 0 Å². The molecule has 2 fully saturated rings. The molecular formula is C20H24O6. The highest BCUT2D eigenvalue weighted by Gasteiger charge is 2.62. The molecule has 0 saturated carbocycles.